The van der Waals surface area contributed by atoms with Gasteiger partial charge in [-0.3, -0.25) is 4.90 Å². The van der Waals surface area contributed by atoms with Crippen molar-refractivity contribution >= 4 is 17.9 Å². The molecule has 0 spiro atoms. The van der Waals surface area contributed by atoms with Crippen LogP contribution in [-0.2, 0) is 0 Å². The number of nitrogens with zero attached hydrogens (tertiary/aromatic N) is 1. The van der Waals surface area contributed by atoms with Crippen LogP contribution in [0.15, 0.2) is 24.3 Å². The van der Waals surface area contributed by atoms with Gasteiger partial charge < -0.3 is 9.84 Å². The average Bonchev–Trinajstić information content (AvgIpc) is 2.24. The Kier molecular flexibility index (Phi) is 3.28. The Labute approximate surface area is 119 Å². The van der Waals surface area contributed by atoms with Crippen LogP contribution in [0.25, 0.3) is 6.08 Å². The zero-order valence-electron chi connectivity index (χ0n) is 12.6. The van der Waals surface area contributed by atoms with Gasteiger partial charge in [-0.2, -0.15) is 0 Å². The summed E-state index contributed by atoms with van der Waals surface area (Å²) in [5.74, 6) is 0.713. The third-order valence-electron chi connectivity index (χ3n) is 3.15. The number of carboxylic acid groups (broad SMARTS) is 1. The van der Waals surface area contributed by atoms with E-state index >= 15 is 0 Å². The third kappa shape index (κ3) is 2.79. The van der Waals surface area contributed by atoms with Crippen LogP contribution in [-0.4, -0.2) is 22.3 Å². The second-order valence-electron chi connectivity index (χ2n) is 6.55. The topological polar surface area (TPSA) is 49.8 Å². The van der Waals surface area contributed by atoms with E-state index in [1.165, 1.54) is 4.90 Å². The summed E-state index contributed by atoms with van der Waals surface area (Å²) >= 11 is 0. The van der Waals surface area contributed by atoms with E-state index in [1.54, 1.807) is 6.07 Å². The molecule has 108 valence electrons. The molecule has 0 radical (unpaired) electrons. The molecule has 0 bridgehead atoms. The van der Waals surface area contributed by atoms with Gasteiger partial charge in [0.05, 0.1) is 5.69 Å². The van der Waals surface area contributed by atoms with E-state index in [0.717, 1.165) is 5.56 Å². The van der Waals surface area contributed by atoms with Gasteiger partial charge >= 0.3 is 6.09 Å². The highest BCUT2D eigenvalue weighted by atomic mass is 16.5. The van der Waals surface area contributed by atoms with Crippen molar-refractivity contribution in [1.29, 1.82) is 0 Å². The lowest BCUT2D eigenvalue weighted by molar-refractivity contribution is 0.159. The molecular weight excluding hydrogens is 254 g/mol. The minimum atomic E-state index is -0.969. The molecule has 20 heavy (non-hydrogen) atoms. The average molecular weight is 275 g/mol. The molecule has 0 aromatic heterocycles. The predicted octanol–water partition coefficient (Wildman–Crippen LogP) is 4.15. The number of hydrogen-bond acceptors (Lipinski definition) is 2. The Balaban J connectivity index is 2.46. The molecule has 4 heteroatoms. The van der Waals surface area contributed by atoms with Gasteiger partial charge in [-0.25, -0.2) is 4.79 Å². The molecule has 2 rings (SSSR count). The van der Waals surface area contributed by atoms with Crippen LogP contribution < -0.4 is 9.64 Å². The molecule has 0 fully saturated rings. The maximum atomic E-state index is 11.5. The fourth-order valence-corrected chi connectivity index (χ4v) is 2.28. The number of carbonyl (C=O) groups is 1. The van der Waals surface area contributed by atoms with Crippen molar-refractivity contribution in [2.75, 3.05) is 4.90 Å². The molecule has 0 aliphatic carbocycles. The Morgan fingerprint density at radius 2 is 1.95 bits per heavy atom. The Hall–Kier alpha value is -1.97. The van der Waals surface area contributed by atoms with E-state index < -0.39 is 11.6 Å². The molecule has 4 nitrogen and oxygen atoms in total. The molecule has 1 N–H and O–H groups in total. The van der Waals surface area contributed by atoms with E-state index in [2.05, 4.69) is 0 Å². The standard InChI is InChI=1S/C16H21NO3/c1-15(2,3)17(14(18)19)12-7-6-11-8-9-16(4,5)20-13(11)10-12/h6-10H,1-5H3,(H,18,19). The summed E-state index contributed by atoms with van der Waals surface area (Å²) in [4.78, 5) is 12.9. The predicted molar refractivity (Wildman–Crippen MR) is 80.4 cm³/mol. The number of rotatable bonds is 1. The number of amides is 1. The highest BCUT2D eigenvalue weighted by molar-refractivity contribution is 5.88. The van der Waals surface area contributed by atoms with Gasteiger partial charge in [-0.1, -0.05) is 6.08 Å². The molecule has 1 aliphatic heterocycles. The summed E-state index contributed by atoms with van der Waals surface area (Å²) in [6, 6.07) is 5.49. The largest absolute Gasteiger partial charge is 0.483 e. The maximum absolute atomic E-state index is 11.5. The number of fused-ring (bicyclic) bond motifs is 1. The number of ether oxygens (including phenoxy) is 1. The van der Waals surface area contributed by atoms with Gasteiger partial charge in [-0.05, 0) is 52.8 Å². The van der Waals surface area contributed by atoms with Gasteiger partial charge in [-0.15, -0.1) is 0 Å². The van der Waals surface area contributed by atoms with E-state index in [-0.39, 0.29) is 5.60 Å². The van der Waals surface area contributed by atoms with Gasteiger partial charge in [0.1, 0.15) is 11.4 Å². The maximum Gasteiger partial charge on any atom is 0.412 e. The van der Waals surface area contributed by atoms with Crippen molar-refractivity contribution in [2.24, 2.45) is 0 Å². The Bertz CT molecular complexity index is 568. The van der Waals surface area contributed by atoms with Crippen LogP contribution in [0.4, 0.5) is 10.5 Å². The quantitative estimate of drug-likeness (QED) is 0.837. The summed E-state index contributed by atoms with van der Waals surface area (Å²) in [5.41, 5.74) is 0.698. The summed E-state index contributed by atoms with van der Waals surface area (Å²) in [5, 5.41) is 9.44. The van der Waals surface area contributed by atoms with Crippen molar-refractivity contribution in [3.8, 4) is 5.75 Å². The van der Waals surface area contributed by atoms with Crippen molar-refractivity contribution < 1.29 is 14.6 Å². The second kappa shape index (κ2) is 4.54. The minimum absolute atomic E-state index is 0.374. The first-order valence-corrected chi connectivity index (χ1v) is 6.66. The van der Waals surface area contributed by atoms with E-state index in [1.807, 2.05) is 58.9 Å². The van der Waals surface area contributed by atoms with Crippen LogP contribution >= 0.6 is 0 Å². The fraction of sp³-hybridized carbons (Fsp3) is 0.438. The number of benzene rings is 1. The summed E-state index contributed by atoms with van der Waals surface area (Å²) in [6.45, 7) is 9.54. The molecule has 0 saturated heterocycles. The molecule has 1 aromatic rings. The summed E-state index contributed by atoms with van der Waals surface area (Å²) < 4.78 is 5.90. The lowest BCUT2D eigenvalue weighted by Gasteiger charge is -2.34. The highest BCUT2D eigenvalue weighted by Gasteiger charge is 2.29. The first kappa shape index (κ1) is 14.4. The second-order valence-corrected chi connectivity index (χ2v) is 6.55. The smallest absolute Gasteiger partial charge is 0.412 e. The van der Waals surface area contributed by atoms with Crippen molar-refractivity contribution in [3.05, 3.63) is 29.8 Å². The number of anilines is 1. The number of hydrogen-bond donors (Lipinski definition) is 1. The van der Waals surface area contributed by atoms with Crippen LogP contribution in [0, 0.1) is 0 Å². The van der Waals surface area contributed by atoms with Gasteiger partial charge in [0, 0.05) is 17.2 Å². The van der Waals surface area contributed by atoms with E-state index in [0.29, 0.717) is 11.4 Å². The summed E-state index contributed by atoms with van der Waals surface area (Å²) in [6.07, 6.45) is 3.03. The first-order valence-electron chi connectivity index (χ1n) is 6.66. The van der Waals surface area contributed by atoms with E-state index in [4.69, 9.17) is 4.74 Å². The van der Waals surface area contributed by atoms with Gasteiger partial charge in [0.15, 0.2) is 0 Å². The highest BCUT2D eigenvalue weighted by Crippen LogP contribution is 2.35. The molecule has 1 aromatic carbocycles. The third-order valence-corrected chi connectivity index (χ3v) is 3.15. The molecular formula is C16H21NO3. The Morgan fingerprint density at radius 1 is 1.30 bits per heavy atom. The van der Waals surface area contributed by atoms with Crippen LogP contribution in [0.3, 0.4) is 0 Å². The first-order chi connectivity index (χ1) is 9.10. The van der Waals surface area contributed by atoms with Gasteiger partial charge in [0.25, 0.3) is 0 Å². The SMILES string of the molecule is CC1(C)C=Cc2ccc(N(C(=O)O)C(C)(C)C)cc2O1. The fourth-order valence-electron chi connectivity index (χ4n) is 2.28. The molecule has 0 saturated carbocycles. The van der Waals surface area contributed by atoms with Crippen LogP contribution in [0.2, 0.25) is 0 Å². The molecule has 1 heterocycles. The summed E-state index contributed by atoms with van der Waals surface area (Å²) in [7, 11) is 0. The Morgan fingerprint density at radius 3 is 2.50 bits per heavy atom. The van der Waals surface area contributed by atoms with Crippen molar-refractivity contribution in [2.45, 2.75) is 45.8 Å². The van der Waals surface area contributed by atoms with E-state index in [9.17, 15) is 9.90 Å². The monoisotopic (exact) mass is 275 g/mol. The minimum Gasteiger partial charge on any atom is -0.483 e. The lowest BCUT2D eigenvalue weighted by Crippen LogP contribution is -2.45. The molecule has 1 aliphatic rings. The van der Waals surface area contributed by atoms with Crippen molar-refractivity contribution in [1.82, 2.24) is 0 Å². The van der Waals surface area contributed by atoms with Gasteiger partial charge in [0.2, 0.25) is 0 Å². The molecule has 1 amide bonds. The van der Waals surface area contributed by atoms with Crippen LogP contribution in [0.1, 0.15) is 40.2 Å². The molecule has 0 atom stereocenters. The zero-order chi connectivity index (χ0) is 15.1. The lowest BCUT2D eigenvalue weighted by atomic mass is 10.0. The zero-order valence-corrected chi connectivity index (χ0v) is 12.6. The normalized spacial score (nSPS) is 16.2. The molecule has 0 unspecified atom stereocenters. The van der Waals surface area contributed by atoms with Crippen molar-refractivity contribution in [3.63, 3.8) is 0 Å². The van der Waals surface area contributed by atoms with Crippen LogP contribution in [0.5, 0.6) is 5.75 Å².